The predicted molar refractivity (Wildman–Crippen MR) is 64.5 cm³/mol. The molecule has 2 N–H and O–H groups in total. The normalized spacial score (nSPS) is 25.2. The number of allylic oxidation sites excluding steroid dienone is 1. The molecule has 5 heteroatoms. The summed E-state index contributed by atoms with van der Waals surface area (Å²) >= 11 is 0. The van der Waals surface area contributed by atoms with Crippen LogP contribution in [0, 0.1) is 5.92 Å². The van der Waals surface area contributed by atoms with Crippen molar-refractivity contribution in [3.05, 3.63) is 12.7 Å². The van der Waals surface area contributed by atoms with Crippen LogP contribution in [0.25, 0.3) is 0 Å². The molecule has 16 heavy (non-hydrogen) atoms. The lowest BCUT2D eigenvalue weighted by Gasteiger charge is -2.23. The molecule has 1 heterocycles. The summed E-state index contributed by atoms with van der Waals surface area (Å²) in [4.78, 5) is 0. The molecule has 3 atom stereocenters. The van der Waals surface area contributed by atoms with Gasteiger partial charge in [-0.25, -0.2) is 13.6 Å². The van der Waals surface area contributed by atoms with E-state index in [1.165, 1.54) is 0 Å². The molecule has 0 aliphatic carbocycles. The summed E-state index contributed by atoms with van der Waals surface area (Å²) in [6, 6.07) is 0. The van der Waals surface area contributed by atoms with Crippen LogP contribution in [0.2, 0.25) is 0 Å². The fourth-order valence-corrected chi connectivity index (χ4v) is 3.44. The fourth-order valence-electron chi connectivity index (χ4n) is 2.19. The van der Waals surface area contributed by atoms with Crippen molar-refractivity contribution >= 4 is 10.0 Å². The number of nitrogens with two attached hydrogens (primary N) is 1. The topological polar surface area (TPSA) is 69.4 Å². The van der Waals surface area contributed by atoms with Crippen molar-refractivity contribution in [3.63, 3.8) is 0 Å². The summed E-state index contributed by atoms with van der Waals surface area (Å²) in [6.07, 6.45) is 4.90. The highest BCUT2D eigenvalue weighted by molar-refractivity contribution is 7.89. The molecule has 0 amide bonds. The standard InChI is InChI=1S/C11H21NO3S/c1-3-5-9(2)11(16(12,13)14)8-10-6-4-7-15-10/h3,9-11H,1,4-8H2,2H3,(H2,12,13,14)/t9-,10-,11+/m0/s1. The minimum Gasteiger partial charge on any atom is -0.378 e. The number of hydrogen-bond donors (Lipinski definition) is 1. The maximum absolute atomic E-state index is 11.5. The lowest BCUT2D eigenvalue weighted by Crippen LogP contribution is -2.36. The molecular formula is C11H21NO3S. The van der Waals surface area contributed by atoms with Gasteiger partial charge in [0.2, 0.25) is 10.0 Å². The number of hydrogen-bond acceptors (Lipinski definition) is 3. The highest BCUT2D eigenvalue weighted by Gasteiger charge is 2.31. The molecule has 94 valence electrons. The van der Waals surface area contributed by atoms with Gasteiger partial charge in [0.1, 0.15) is 0 Å². The van der Waals surface area contributed by atoms with Crippen LogP contribution >= 0.6 is 0 Å². The summed E-state index contributed by atoms with van der Waals surface area (Å²) in [5, 5.41) is 4.75. The molecule has 1 fully saturated rings. The fraction of sp³-hybridized carbons (Fsp3) is 0.818. The lowest BCUT2D eigenvalue weighted by atomic mass is 9.98. The molecule has 1 aliphatic heterocycles. The summed E-state index contributed by atoms with van der Waals surface area (Å²) in [7, 11) is -3.50. The van der Waals surface area contributed by atoms with E-state index in [9.17, 15) is 8.42 Å². The van der Waals surface area contributed by atoms with Crippen LogP contribution in [0.1, 0.15) is 32.6 Å². The van der Waals surface area contributed by atoms with Gasteiger partial charge in [-0.05, 0) is 31.6 Å². The van der Waals surface area contributed by atoms with Crippen LogP contribution in [0.5, 0.6) is 0 Å². The van der Waals surface area contributed by atoms with Gasteiger partial charge in [-0.15, -0.1) is 6.58 Å². The third-order valence-electron chi connectivity index (χ3n) is 3.11. The Kier molecular flexibility index (Phi) is 4.95. The summed E-state index contributed by atoms with van der Waals surface area (Å²) in [5.41, 5.74) is 0. The molecule has 0 aromatic carbocycles. The molecule has 1 saturated heterocycles. The van der Waals surface area contributed by atoms with E-state index in [4.69, 9.17) is 9.88 Å². The maximum atomic E-state index is 11.5. The highest BCUT2D eigenvalue weighted by atomic mass is 32.2. The molecule has 0 unspecified atom stereocenters. The van der Waals surface area contributed by atoms with Gasteiger partial charge in [0, 0.05) is 6.61 Å². The van der Waals surface area contributed by atoms with Gasteiger partial charge < -0.3 is 4.74 Å². The Bertz CT molecular complexity index is 320. The first-order valence-corrected chi connectivity index (χ1v) is 7.30. The molecule has 0 spiro atoms. The molecule has 1 aliphatic rings. The smallest absolute Gasteiger partial charge is 0.212 e. The van der Waals surface area contributed by atoms with Crippen molar-refractivity contribution in [2.45, 2.75) is 44.0 Å². The van der Waals surface area contributed by atoms with Crippen molar-refractivity contribution in [1.29, 1.82) is 0 Å². The number of primary sulfonamides is 1. The molecule has 0 aromatic heterocycles. The van der Waals surface area contributed by atoms with Gasteiger partial charge in [0.25, 0.3) is 0 Å². The van der Waals surface area contributed by atoms with Crippen LogP contribution in [0.3, 0.4) is 0 Å². The molecule has 1 rings (SSSR count). The molecule has 4 nitrogen and oxygen atoms in total. The van der Waals surface area contributed by atoms with E-state index in [1.54, 1.807) is 6.08 Å². The molecule has 0 radical (unpaired) electrons. The second-order valence-corrected chi connectivity index (χ2v) is 6.28. The maximum Gasteiger partial charge on any atom is 0.212 e. The predicted octanol–water partition coefficient (Wildman–Crippen LogP) is 1.42. The zero-order chi connectivity index (χ0) is 12.2. The van der Waals surface area contributed by atoms with Crippen molar-refractivity contribution in [2.24, 2.45) is 11.1 Å². The van der Waals surface area contributed by atoms with Crippen molar-refractivity contribution < 1.29 is 13.2 Å². The van der Waals surface area contributed by atoms with E-state index in [2.05, 4.69) is 6.58 Å². The first-order valence-electron chi connectivity index (χ1n) is 5.69. The number of ether oxygens (including phenoxy) is 1. The first-order chi connectivity index (χ1) is 7.45. The average Bonchev–Trinajstić information content (AvgIpc) is 2.64. The summed E-state index contributed by atoms with van der Waals surface area (Å²) < 4.78 is 28.5. The molecule has 0 bridgehead atoms. The zero-order valence-corrected chi connectivity index (χ0v) is 10.6. The zero-order valence-electron chi connectivity index (χ0n) is 9.76. The quantitative estimate of drug-likeness (QED) is 0.722. The second-order valence-electron chi connectivity index (χ2n) is 4.50. The third-order valence-corrected chi connectivity index (χ3v) is 4.62. The summed E-state index contributed by atoms with van der Waals surface area (Å²) in [5.74, 6) is -0.00306. The highest BCUT2D eigenvalue weighted by Crippen LogP contribution is 2.25. The van der Waals surface area contributed by atoms with E-state index < -0.39 is 15.3 Å². The van der Waals surface area contributed by atoms with Crippen LogP contribution in [-0.4, -0.2) is 26.4 Å². The van der Waals surface area contributed by atoms with Crippen LogP contribution in [-0.2, 0) is 14.8 Å². The van der Waals surface area contributed by atoms with E-state index in [-0.39, 0.29) is 12.0 Å². The minimum atomic E-state index is -3.50. The number of rotatable bonds is 6. The van der Waals surface area contributed by atoms with Crippen LogP contribution in [0.4, 0.5) is 0 Å². The Morgan fingerprint density at radius 2 is 2.31 bits per heavy atom. The van der Waals surface area contributed by atoms with E-state index in [1.807, 2.05) is 6.92 Å². The SMILES string of the molecule is C=CC[C@H](C)[C@@H](C[C@@H]1CCCO1)S(N)(=O)=O. The third kappa shape index (κ3) is 3.88. The Morgan fingerprint density at radius 3 is 2.75 bits per heavy atom. The van der Waals surface area contributed by atoms with Crippen molar-refractivity contribution in [3.8, 4) is 0 Å². The van der Waals surface area contributed by atoms with Gasteiger partial charge >= 0.3 is 0 Å². The lowest BCUT2D eigenvalue weighted by molar-refractivity contribution is 0.0996. The van der Waals surface area contributed by atoms with Gasteiger partial charge in [-0.3, -0.25) is 0 Å². The van der Waals surface area contributed by atoms with Crippen LogP contribution < -0.4 is 5.14 Å². The van der Waals surface area contributed by atoms with Crippen LogP contribution in [0.15, 0.2) is 12.7 Å². The second kappa shape index (κ2) is 5.80. The first kappa shape index (κ1) is 13.7. The van der Waals surface area contributed by atoms with Gasteiger partial charge in [0.15, 0.2) is 0 Å². The molecule has 0 aromatic rings. The van der Waals surface area contributed by atoms with Gasteiger partial charge in [-0.1, -0.05) is 13.0 Å². The van der Waals surface area contributed by atoms with Crippen molar-refractivity contribution in [2.75, 3.05) is 6.61 Å². The Balaban J connectivity index is 2.66. The Morgan fingerprint density at radius 1 is 1.62 bits per heavy atom. The van der Waals surface area contributed by atoms with Gasteiger partial charge in [-0.2, -0.15) is 0 Å². The largest absolute Gasteiger partial charge is 0.378 e. The Hall–Kier alpha value is -0.390. The molecule has 0 saturated carbocycles. The molecular weight excluding hydrogens is 226 g/mol. The average molecular weight is 247 g/mol. The number of sulfonamides is 1. The van der Waals surface area contributed by atoms with E-state index >= 15 is 0 Å². The minimum absolute atomic E-state index is 0.00306. The van der Waals surface area contributed by atoms with E-state index in [0.717, 1.165) is 19.4 Å². The Labute approximate surface area is 97.9 Å². The van der Waals surface area contributed by atoms with E-state index in [0.29, 0.717) is 12.8 Å². The monoisotopic (exact) mass is 247 g/mol. The van der Waals surface area contributed by atoms with Gasteiger partial charge in [0.05, 0.1) is 11.4 Å². The summed E-state index contributed by atoms with van der Waals surface area (Å²) in [6.45, 7) is 6.26. The van der Waals surface area contributed by atoms with Crippen molar-refractivity contribution in [1.82, 2.24) is 0 Å².